The molecule has 0 aliphatic carbocycles. The Bertz CT molecular complexity index is 512. The predicted molar refractivity (Wildman–Crippen MR) is 62.9 cm³/mol. The van der Waals surface area contributed by atoms with Crippen LogP contribution in [0.15, 0.2) is 23.1 Å². The SMILES string of the molecule is CC(CCN)S(=O)(=O)c1ccc2c(c1)OCO2. The Morgan fingerprint density at radius 3 is 2.76 bits per heavy atom. The van der Waals surface area contributed by atoms with Gasteiger partial charge in [-0.25, -0.2) is 8.42 Å². The Hall–Kier alpha value is -1.27. The summed E-state index contributed by atoms with van der Waals surface area (Å²) in [5.41, 5.74) is 5.39. The lowest BCUT2D eigenvalue weighted by Crippen LogP contribution is -2.21. The number of hydrogen-bond donors (Lipinski definition) is 1. The molecule has 1 heterocycles. The maximum Gasteiger partial charge on any atom is 0.231 e. The van der Waals surface area contributed by atoms with Crippen LogP contribution in [-0.2, 0) is 9.84 Å². The Kier molecular flexibility index (Phi) is 3.26. The molecule has 1 aliphatic heterocycles. The molecule has 0 radical (unpaired) electrons. The molecule has 17 heavy (non-hydrogen) atoms. The van der Waals surface area contributed by atoms with E-state index >= 15 is 0 Å². The van der Waals surface area contributed by atoms with Crippen molar-refractivity contribution in [3.8, 4) is 11.5 Å². The molecule has 1 aromatic rings. The zero-order valence-corrected chi connectivity index (χ0v) is 10.4. The smallest absolute Gasteiger partial charge is 0.231 e. The van der Waals surface area contributed by atoms with Crippen LogP contribution in [0.4, 0.5) is 0 Å². The van der Waals surface area contributed by atoms with Gasteiger partial charge in [-0.1, -0.05) is 0 Å². The maximum absolute atomic E-state index is 12.2. The Balaban J connectivity index is 2.34. The second-order valence-corrected chi connectivity index (χ2v) is 6.31. The van der Waals surface area contributed by atoms with Gasteiger partial charge < -0.3 is 15.2 Å². The van der Waals surface area contributed by atoms with Gasteiger partial charge in [0.05, 0.1) is 10.1 Å². The Morgan fingerprint density at radius 2 is 2.06 bits per heavy atom. The van der Waals surface area contributed by atoms with E-state index in [0.717, 1.165) is 0 Å². The van der Waals surface area contributed by atoms with Crippen LogP contribution in [0.5, 0.6) is 11.5 Å². The summed E-state index contributed by atoms with van der Waals surface area (Å²) in [5, 5.41) is -0.493. The summed E-state index contributed by atoms with van der Waals surface area (Å²) in [7, 11) is -3.34. The van der Waals surface area contributed by atoms with E-state index < -0.39 is 15.1 Å². The molecule has 1 aromatic carbocycles. The van der Waals surface area contributed by atoms with Crippen LogP contribution in [0.1, 0.15) is 13.3 Å². The molecule has 0 aromatic heterocycles. The van der Waals surface area contributed by atoms with E-state index in [0.29, 0.717) is 24.5 Å². The first-order valence-electron chi connectivity index (χ1n) is 5.39. The summed E-state index contributed by atoms with van der Waals surface area (Å²) in [4.78, 5) is 0.253. The third-order valence-electron chi connectivity index (χ3n) is 2.78. The molecule has 2 N–H and O–H groups in total. The second kappa shape index (κ2) is 4.54. The van der Waals surface area contributed by atoms with Crippen LogP contribution in [0.3, 0.4) is 0 Å². The summed E-state index contributed by atoms with van der Waals surface area (Å²) in [6.45, 7) is 2.15. The van der Waals surface area contributed by atoms with Crippen molar-refractivity contribution in [1.29, 1.82) is 0 Å². The highest BCUT2D eigenvalue weighted by molar-refractivity contribution is 7.92. The lowest BCUT2D eigenvalue weighted by atomic mass is 10.3. The zero-order chi connectivity index (χ0) is 12.5. The van der Waals surface area contributed by atoms with E-state index in [4.69, 9.17) is 15.2 Å². The van der Waals surface area contributed by atoms with Crippen molar-refractivity contribution in [2.24, 2.45) is 5.73 Å². The summed E-state index contributed by atoms with van der Waals surface area (Å²) < 4.78 is 34.6. The molecule has 0 saturated carbocycles. The number of benzene rings is 1. The topological polar surface area (TPSA) is 78.6 Å². The minimum atomic E-state index is -3.34. The van der Waals surface area contributed by atoms with Gasteiger partial charge >= 0.3 is 0 Å². The van der Waals surface area contributed by atoms with Crippen LogP contribution in [0.2, 0.25) is 0 Å². The van der Waals surface area contributed by atoms with Crippen LogP contribution < -0.4 is 15.2 Å². The third-order valence-corrected chi connectivity index (χ3v) is 4.98. The van der Waals surface area contributed by atoms with E-state index in [-0.39, 0.29) is 11.7 Å². The molecule has 2 rings (SSSR count). The van der Waals surface area contributed by atoms with Crippen LogP contribution in [0.25, 0.3) is 0 Å². The van der Waals surface area contributed by atoms with Gasteiger partial charge in [-0.2, -0.15) is 0 Å². The van der Waals surface area contributed by atoms with Gasteiger partial charge in [0.25, 0.3) is 0 Å². The lowest BCUT2D eigenvalue weighted by molar-refractivity contribution is 0.174. The fourth-order valence-electron chi connectivity index (χ4n) is 1.68. The average molecular weight is 257 g/mol. The Morgan fingerprint density at radius 1 is 1.35 bits per heavy atom. The molecule has 94 valence electrons. The zero-order valence-electron chi connectivity index (χ0n) is 9.55. The van der Waals surface area contributed by atoms with Gasteiger partial charge in [-0.15, -0.1) is 0 Å². The molecule has 6 heteroatoms. The normalized spacial score (nSPS) is 15.9. The van der Waals surface area contributed by atoms with Crippen molar-refractivity contribution in [2.75, 3.05) is 13.3 Å². The average Bonchev–Trinajstić information content (AvgIpc) is 2.76. The fourth-order valence-corrected chi connectivity index (χ4v) is 3.12. The van der Waals surface area contributed by atoms with E-state index in [1.807, 2.05) is 0 Å². The highest BCUT2D eigenvalue weighted by Gasteiger charge is 2.25. The molecule has 0 amide bonds. The number of hydrogen-bond acceptors (Lipinski definition) is 5. The molecule has 0 fully saturated rings. The summed E-state index contributed by atoms with van der Waals surface area (Å²) >= 11 is 0. The molecular formula is C11H15NO4S. The minimum absolute atomic E-state index is 0.136. The first-order valence-corrected chi connectivity index (χ1v) is 6.94. The standard InChI is InChI=1S/C11H15NO4S/c1-8(4-5-12)17(13,14)9-2-3-10-11(6-9)16-7-15-10/h2-3,6,8H,4-5,7,12H2,1H3. The molecule has 1 aliphatic rings. The predicted octanol–water partition coefficient (Wildman–Crippen LogP) is 0.926. The van der Waals surface area contributed by atoms with Gasteiger partial charge in [0, 0.05) is 6.07 Å². The largest absolute Gasteiger partial charge is 0.454 e. The summed E-state index contributed by atoms with van der Waals surface area (Å²) in [6.07, 6.45) is 0.441. The van der Waals surface area contributed by atoms with E-state index in [2.05, 4.69) is 0 Å². The molecule has 0 bridgehead atoms. The molecule has 1 unspecified atom stereocenters. The van der Waals surface area contributed by atoms with Crippen LogP contribution in [-0.4, -0.2) is 27.0 Å². The maximum atomic E-state index is 12.2. The molecule has 0 saturated heterocycles. The number of sulfone groups is 1. The highest BCUT2D eigenvalue weighted by Crippen LogP contribution is 2.34. The number of fused-ring (bicyclic) bond motifs is 1. The van der Waals surface area contributed by atoms with Crippen molar-refractivity contribution in [3.05, 3.63) is 18.2 Å². The van der Waals surface area contributed by atoms with Gasteiger partial charge in [-0.05, 0) is 32.0 Å². The van der Waals surface area contributed by atoms with E-state index in [1.165, 1.54) is 12.1 Å². The first kappa shape index (κ1) is 12.2. The number of rotatable bonds is 4. The van der Waals surface area contributed by atoms with Crippen LogP contribution >= 0.6 is 0 Å². The van der Waals surface area contributed by atoms with E-state index in [9.17, 15) is 8.42 Å². The van der Waals surface area contributed by atoms with Crippen molar-refractivity contribution in [2.45, 2.75) is 23.5 Å². The van der Waals surface area contributed by atoms with Gasteiger partial charge in [0.15, 0.2) is 21.3 Å². The minimum Gasteiger partial charge on any atom is -0.454 e. The van der Waals surface area contributed by atoms with Gasteiger partial charge in [0.1, 0.15) is 0 Å². The molecular weight excluding hydrogens is 242 g/mol. The molecule has 0 spiro atoms. The lowest BCUT2D eigenvalue weighted by Gasteiger charge is -2.12. The quantitative estimate of drug-likeness (QED) is 0.868. The monoisotopic (exact) mass is 257 g/mol. The Labute approximate surface area is 100 Å². The van der Waals surface area contributed by atoms with Crippen molar-refractivity contribution < 1.29 is 17.9 Å². The first-order chi connectivity index (χ1) is 8.05. The van der Waals surface area contributed by atoms with Crippen LogP contribution in [0, 0.1) is 0 Å². The third kappa shape index (κ3) is 2.23. The van der Waals surface area contributed by atoms with Crippen molar-refractivity contribution in [1.82, 2.24) is 0 Å². The van der Waals surface area contributed by atoms with Crippen molar-refractivity contribution in [3.63, 3.8) is 0 Å². The molecule has 1 atom stereocenters. The second-order valence-electron chi connectivity index (χ2n) is 3.95. The van der Waals surface area contributed by atoms with Gasteiger partial charge in [0.2, 0.25) is 6.79 Å². The van der Waals surface area contributed by atoms with E-state index in [1.54, 1.807) is 13.0 Å². The molecule has 5 nitrogen and oxygen atoms in total. The summed E-state index contributed by atoms with van der Waals surface area (Å²) in [5.74, 6) is 1.06. The number of ether oxygens (including phenoxy) is 2. The summed E-state index contributed by atoms with van der Waals surface area (Å²) in [6, 6.07) is 4.66. The fraction of sp³-hybridized carbons (Fsp3) is 0.455. The van der Waals surface area contributed by atoms with Crippen molar-refractivity contribution >= 4 is 9.84 Å². The highest BCUT2D eigenvalue weighted by atomic mass is 32.2. The van der Waals surface area contributed by atoms with Gasteiger partial charge in [-0.3, -0.25) is 0 Å². The number of nitrogens with two attached hydrogens (primary N) is 1.